The van der Waals surface area contributed by atoms with Crippen LogP contribution in [0.2, 0.25) is 5.02 Å². The maximum absolute atomic E-state index is 13.2. The van der Waals surface area contributed by atoms with E-state index in [1.165, 1.54) is 11.3 Å². The average Bonchev–Trinajstić information content (AvgIpc) is 2.96. The van der Waals surface area contributed by atoms with Gasteiger partial charge in [-0.1, -0.05) is 17.7 Å². The maximum Gasteiger partial charge on any atom is 0.319 e. The zero-order chi connectivity index (χ0) is 27.2. The highest BCUT2D eigenvalue weighted by atomic mass is 35.5. The SMILES string of the molecule is COc1ccc(Cl)cc1NC(=O)NCC1CCCc2ccc(C(=O)NC3CCN(c4ccncc4)CC3)cc21. The average molecular weight is 548 g/mol. The minimum absolute atomic E-state index is 0.0387. The van der Waals surface area contributed by atoms with Crippen molar-refractivity contribution < 1.29 is 14.3 Å². The van der Waals surface area contributed by atoms with Gasteiger partial charge in [0, 0.05) is 60.3 Å². The van der Waals surface area contributed by atoms with Gasteiger partial charge >= 0.3 is 6.03 Å². The van der Waals surface area contributed by atoms with Crippen LogP contribution in [0.3, 0.4) is 0 Å². The molecule has 3 N–H and O–H groups in total. The summed E-state index contributed by atoms with van der Waals surface area (Å²) in [6, 6.07) is 15.0. The molecule has 204 valence electrons. The molecule has 1 unspecified atom stereocenters. The molecule has 0 radical (unpaired) electrons. The zero-order valence-electron chi connectivity index (χ0n) is 22.1. The van der Waals surface area contributed by atoms with Crippen molar-refractivity contribution in [2.75, 3.05) is 37.0 Å². The lowest BCUT2D eigenvalue weighted by atomic mass is 9.82. The highest BCUT2D eigenvalue weighted by molar-refractivity contribution is 6.31. The lowest BCUT2D eigenvalue weighted by Crippen LogP contribution is -2.44. The lowest BCUT2D eigenvalue weighted by Gasteiger charge is -2.34. The van der Waals surface area contributed by atoms with Crippen molar-refractivity contribution in [1.82, 2.24) is 15.6 Å². The molecule has 2 aliphatic rings. The van der Waals surface area contributed by atoms with Crippen LogP contribution < -0.4 is 25.6 Å². The second-order valence-corrected chi connectivity index (χ2v) is 10.6. The third-order valence-corrected chi connectivity index (χ3v) is 7.86. The van der Waals surface area contributed by atoms with Crippen molar-refractivity contribution in [2.45, 2.75) is 44.1 Å². The van der Waals surface area contributed by atoms with E-state index in [1.807, 2.05) is 36.7 Å². The summed E-state index contributed by atoms with van der Waals surface area (Å²) in [4.78, 5) is 32.3. The summed E-state index contributed by atoms with van der Waals surface area (Å²) in [5.41, 5.74) is 4.74. The van der Waals surface area contributed by atoms with Gasteiger partial charge in [0.25, 0.3) is 5.91 Å². The van der Waals surface area contributed by atoms with Gasteiger partial charge in [-0.2, -0.15) is 0 Å². The molecule has 8 nitrogen and oxygen atoms in total. The Balaban J connectivity index is 1.18. The molecule has 3 amide bonds. The number of anilines is 2. The van der Waals surface area contributed by atoms with Gasteiger partial charge in [0.05, 0.1) is 12.8 Å². The molecule has 2 aromatic carbocycles. The summed E-state index contributed by atoms with van der Waals surface area (Å²) in [5, 5.41) is 9.56. The number of aromatic nitrogens is 1. The Labute approximate surface area is 234 Å². The van der Waals surface area contributed by atoms with Crippen LogP contribution in [0.4, 0.5) is 16.2 Å². The van der Waals surface area contributed by atoms with Crippen molar-refractivity contribution in [1.29, 1.82) is 0 Å². The van der Waals surface area contributed by atoms with Gasteiger partial charge in [-0.25, -0.2) is 4.79 Å². The molecule has 1 fully saturated rings. The Morgan fingerprint density at radius 1 is 1.05 bits per heavy atom. The van der Waals surface area contributed by atoms with Gasteiger partial charge in [-0.05, 0) is 85.7 Å². The van der Waals surface area contributed by atoms with E-state index in [-0.39, 0.29) is 23.9 Å². The number of pyridine rings is 1. The number of methoxy groups -OCH3 is 1. The molecule has 2 heterocycles. The molecule has 1 aromatic heterocycles. The van der Waals surface area contributed by atoms with E-state index in [4.69, 9.17) is 16.3 Å². The number of hydrogen-bond acceptors (Lipinski definition) is 5. The van der Waals surface area contributed by atoms with Gasteiger partial charge < -0.3 is 25.6 Å². The predicted octanol–water partition coefficient (Wildman–Crippen LogP) is 5.38. The quantitative estimate of drug-likeness (QED) is 0.369. The van der Waals surface area contributed by atoms with E-state index in [2.05, 4.69) is 31.9 Å². The van der Waals surface area contributed by atoms with Crippen LogP contribution in [0.5, 0.6) is 5.75 Å². The zero-order valence-corrected chi connectivity index (χ0v) is 22.8. The van der Waals surface area contributed by atoms with Crippen LogP contribution in [0.1, 0.15) is 53.1 Å². The molecule has 9 heteroatoms. The van der Waals surface area contributed by atoms with Crippen molar-refractivity contribution in [3.05, 3.63) is 82.6 Å². The van der Waals surface area contributed by atoms with Crippen molar-refractivity contribution >= 4 is 34.9 Å². The second kappa shape index (κ2) is 12.4. The van der Waals surface area contributed by atoms with E-state index >= 15 is 0 Å². The molecule has 0 saturated carbocycles. The third kappa shape index (κ3) is 6.63. The standard InChI is InChI=1S/C30H34ClN5O3/c1-39-28-8-7-23(31)18-27(28)35-30(38)33-19-22-4-2-3-20-5-6-21(17-26(20)22)29(37)34-24-11-15-36(16-12-24)25-9-13-32-14-10-25/h5-10,13-14,17-18,22,24H,2-4,11-12,15-16,19H2,1H3,(H,34,37)(H2,33,35,38). The Morgan fingerprint density at radius 2 is 1.85 bits per heavy atom. The molecule has 1 aliphatic heterocycles. The number of benzene rings is 2. The fraction of sp³-hybridized carbons (Fsp3) is 0.367. The molecule has 1 aliphatic carbocycles. The van der Waals surface area contributed by atoms with Crippen LogP contribution in [-0.4, -0.2) is 49.7 Å². The topological polar surface area (TPSA) is 95.6 Å². The lowest BCUT2D eigenvalue weighted by molar-refractivity contribution is 0.0931. The largest absolute Gasteiger partial charge is 0.495 e. The van der Waals surface area contributed by atoms with Crippen molar-refractivity contribution in [3.8, 4) is 5.75 Å². The van der Waals surface area contributed by atoms with Crippen LogP contribution in [-0.2, 0) is 6.42 Å². The number of aryl methyl sites for hydroxylation is 1. The highest BCUT2D eigenvalue weighted by Crippen LogP contribution is 2.32. The number of rotatable bonds is 7. The monoisotopic (exact) mass is 547 g/mol. The first-order valence-electron chi connectivity index (χ1n) is 13.5. The minimum atomic E-state index is -0.324. The van der Waals surface area contributed by atoms with E-state index in [9.17, 15) is 9.59 Å². The number of fused-ring (bicyclic) bond motifs is 1. The van der Waals surface area contributed by atoms with Crippen LogP contribution in [0, 0.1) is 0 Å². The summed E-state index contributed by atoms with van der Waals surface area (Å²) in [6.45, 7) is 2.27. The molecular formula is C30H34ClN5O3. The van der Waals surface area contributed by atoms with Crippen LogP contribution in [0.25, 0.3) is 0 Å². The van der Waals surface area contributed by atoms with Crippen molar-refractivity contribution in [3.63, 3.8) is 0 Å². The first-order chi connectivity index (χ1) is 19.0. The first kappa shape index (κ1) is 26.8. The number of piperidine rings is 1. The van der Waals surface area contributed by atoms with E-state index in [0.29, 0.717) is 28.6 Å². The summed E-state index contributed by atoms with van der Waals surface area (Å²) in [7, 11) is 1.55. The summed E-state index contributed by atoms with van der Waals surface area (Å²) < 4.78 is 5.31. The van der Waals surface area contributed by atoms with Gasteiger partial charge in [-0.3, -0.25) is 9.78 Å². The molecule has 5 rings (SSSR count). The third-order valence-electron chi connectivity index (χ3n) is 7.62. The molecule has 0 bridgehead atoms. The summed E-state index contributed by atoms with van der Waals surface area (Å²) in [6.07, 6.45) is 8.40. The number of nitrogens with one attached hydrogen (secondary N) is 3. The number of carbonyl (C=O) groups excluding carboxylic acids is 2. The Hall–Kier alpha value is -3.78. The number of carbonyl (C=O) groups is 2. The predicted molar refractivity (Wildman–Crippen MR) is 154 cm³/mol. The molecule has 1 atom stereocenters. The van der Waals surface area contributed by atoms with Crippen molar-refractivity contribution in [2.24, 2.45) is 0 Å². The highest BCUT2D eigenvalue weighted by Gasteiger charge is 2.25. The van der Waals surface area contributed by atoms with Gasteiger partial charge in [0.2, 0.25) is 0 Å². The number of amides is 3. The fourth-order valence-electron chi connectivity index (χ4n) is 5.52. The number of halogens is 1. The van der Waals surface area contributed by atoms with Crippen LogP contribution in [0.15, 0.2) is 60.9 Å². The van der Waals surface area contributed by atoms with Gasteiger partial charge in [-0.15, -0.1) is 0 Å². The molecule has 1 saturated heterocycles. The van der Waals surface area contributed by atoms with E-state index < -0.39 is 0 Å². The fourth-order valence-corrected chi connectivity index (χ4v) is 5.69. The van der Waals surface area contributed by atoms with Gasteiger partial charge in [0.1, 0.15) is 5.75 Å². The minimum Gasteiger partial charge on any atom is -0.495 e. The summed E-state index contributed by atoms with van der Waals surface area (Å²) >= 11 is 6.08. The Morgan fingerprint density at radius 3 is 2.62 bits per heavy atom. The maximum atomic E-state index is 13.2. The summed E-state index contributed by atoms with van der Waals surface area (Å²) in [5.74, 6) is 0.636. The molecule has 3 aromatic rings. The smallest absolute Gasteiger partial charge is 0.319 e. The molecular weight excluding hydrogens is 514 g/mol. The van der Waals surface area contributed by atoms with E-state index in [0.717, 1.165) is 50.8 Å². The number of urea groups is 1. The second-order valence-electron chi connectivity index (χ2n) is 10.1. The normalized spacial score (nSPS) is 17.2. The Kier molecular flexibility index (Phi) is 8.51. The molecule has 39 heavy (non-hydrogen) atoms. The van der Waals surface area contributed by atoms with Crippen LogP contribution >= 0.6 is 11.6 Å². The number of ether oxygens (including phenoxy) is 1. The first-order valence-corrected chi connectivity index (χ1v) is 13.8. The van der Waals surface area contributed by atoms with E-state index in [1.54, 1.807) is 25.3 Å². The Bertz CT molecular complexity index is 1310. The molecule has 0 spiro atoms. The number of hydrogen-bond donors (Lipinski definition) is 3. The van der Waals surface area contributed by atoms with Gasteiger partial charge in [0.15, 0.2) is 0 Å². The number of nitrogens with zero attached hydrogens (tertiary/aromatic N) is 2.